The molecule has 0 N–H and O–H groups in total. The number of carbonyl (C=O) groups excluding carboxylic acids is 1. The number of likely N-dealkylation sites (tertiary alicyclic amines) is 1. The Labute approximate surface area is 129 Å². The molecule has 0 bridgehead atoms. The van der Waals surface area contributed by atoms with E-state index in [0.29, 0.717) is 19.7 Å². The van der Waals surface area contributed by atoms with Crippen molar-refractivity contribution in [2.24, 2.45) is 0 Å². The number of carbonyl (C=O) groups is 1. The van der Waals surface area contributed by atoms with Gasteiger partial charge in [-0.2, -0.15) is 0 Å². The Morgan fingerprint density at radius 2 is 1.79 bits per heavy atom. The summed E-state index contributed by atoms with van der Waals surface area (Å²) in [4.78, 5) is 13.7. The first kappa shape index (κ1) is 14.6. The largest absolute Gasteiger partial charge is 0.445 e. The fourth-order valence-electron chi connectivity index (χ4n) is 1.96. The van der Waals surface area contributed by atoms with E-state index in [2.05, 4.69) is 31.9 Å². The molecule has 1 aliphatic heterocycles. The van der Waals surface area contributed by atoms with Gasteiger partial charge in [-0.1, -0.05) is 30.3 Å². The van der Waals surface area contributed by atoms with Crippen molar-refractivity contribution in [3.05, 3.63) is 44.9 Å². The van der Waals surface area contributed by atoms with E-state index in [-0.39, 0.29) is 6.09 Å². The molecule has 0 aromatic heterocycles. The first-order chi connectivity index (χ1) is 9.16. The second-order valence-corrected chi connectivity index (χ2v) is 7.04. The second-order valence-electron chi connectivity index (χ2n) is 4.39. The van der Waals surface area contributed by atoms with Crippen molar-refractivity contribution in [1.29, 1.82) is 0 Å². The van der Waals surface area contributed by atoms with Crippen molar-refractivity contribution in [1.82, 2.24) is 4.90 Å². The Bertz CT molecular complexity index is 460. The third-order valence-corrected chi connectivity index (χ3v) is 4.22. The molecule has 3 nitrogen and oxygen atoms in total. The van der Waals surface area contributed by atoms with E-state index >= 15 is 0 Å². The Kier molecular flexibility index (Phi) is 5.45. The topological polar surface area (TPSA) is 29.5 Å². The van der Waals surface area contributed by atoms with Gasteiger partial charge in [-0.05, 0) is 55.8 Å². The van der Waals surface area contributed by atoms with Crippen LogP contribution in [0.2, 0.25) is 0 Å². The molecule has 0 spiro atoms. The van der Waals surface area contributed by atoms with Crippen LogP contribution >= 0.6 is 31.9 Å². The van der Waals surface area contributed by atoms with Crippen LogP contribution in [-0.4, -0.2) is 24.1 Å². The van der Waals surface area contributed by atoms with Gasteiger partial charge in [-0.15, -0.1) is 0 Å². The summed E-state index contributed by atoms with van der Waals surface area (Å²) in [6.07, 6.45) is 1.53. The lowest BCUT2D eigenvalue weighted by Crippen LogP contribution is -2.36. The minimum absolute atomic E-state index is 0.228. The van der Waals surface area contributed by atoms with Crippen molar-refractivity contribution in [2.75, 3.05) is 13.1 Å². The lowest BCUT2D eigenvalue weighted by molar-refractivity contribution is 0.0935. The van der Waals surface area contributed by atoms with Crippen molar-refractivity contribution < 1.29 is 9.53 Å². The molecule has 0 saturated carbocycles. The molecule has 1 saturated heterocycles. The number of amides is 1. The summed E-state index contributed by atoms with van der Waals surface area (Å²) in [6.45, 7) is 1.76. The molecule has 0 atom stereocenters. The Morgan fingerprint density at radius 1 is 1.16 bits per heavy atom. The number of benzene rings is 1. The third kappa shape index (κ3) is 4.35. The molecule has 1 aliphatic rings. The molecule has 1 aromatic rings. The van der Waals surface area contributed by atoms with E-state index in [9.17, 15) is 4.79 Å². The highest BCUT2D eigenvalue weighted by Gasteiger charge is 2.21. The van der Waals surface area contributed by atoms with Crippen LogP contribution in [0.25, 0.3) is 0 Å². The van der Waals surface area contributed by atoms with Gasteiger partial charge in [0.05, 0.1) is 3.39 Å². The average molecular weight is 389 g/mol. The molecule has 0 unspecified atom stereocenters. The Balaban J connectivity index is 1.80. The van der Waals surface area contributed by atoms with E-state index in [4.69, 9.17) is 4.74 Å². The molecule has 2 rings (SSSR count). The van der Waals surface area contributed by atoms with Crippen LogP contribution in [0.4, 0.5) is 4.79 Å². The SMILES string of the molecule is O=C(OCc1ccccc1)N1CCC(=C(Br)Br)CC1. The highest BCUT2D eigenvalue weighted by molar-refractivity contribution is 9.28. The molecule has 0 aliphatic carbocycles. The van der Waals surface area contributed by atoms with Crippen LogP contribution in [0.5, 0.6) is 0 Å². The fourth-order valence-corrected chi connectivity index (χ4v) is 2.75. The summed E-state index contributed by atoms with van der Waals surface area (Å²) in [5.74, 6) is 0. The number of hydrogen-bond donors (Lipinski definition) is 0. The number of rotatable bonds is 2. The van der Waals surface area contributed by atoms with Crippen LogP contribution in [0.15, 0.2) is 39.3 Å². The first-order valence-electron chi connectivity index (χ1n) is 6.15. The summed E-state index contributed by atoms with van der Waals surface area (Å²) in [7, 11) is 0. The van der Waals surface area contributed by atoms with Crippen molar-refractivity contribution in [2.45, 2.75) is 19.4 Å². The summed E-state index contributed by atoms with van der Waals surface area (Å²) in [5.41, 5.74) is 2.32. The van der Waals surface area contributed by atoms with Gasteiger partial charge in [0.1, 0.15) is 6.61 Å². The maximum Gasteiger partial charge on any atom is 0.410 e. The predicted molar refractivity (Wildman–Crippen MR) is 82.3 cm³/mol. The standard InChI is InChI=1S/C14H15Br2NO2/c15-13(16)12-6-8-17(9-7-12)14(18)19-10-11-4-2-1-3-5-11/h1-5H,6-10H2. The highest BCUT2D eigenvalue weighted by Crippen LogP contribution is 2.27. The summed E-state index contributed by atoms with van der Waals surface area (Å²) < 4.78 is 6.32. The summed E-state index contributed by atoms with van der Waals surface area (Å²) in [6, 6.07) is 9.73. The minimum Gasteiger partial charge on any atom is -0.445 e. The van der Waals surface area contributed by atoms with Crippen molar-refractivity contribution in [3.63, 3.8) is 0 Å². The molecule has 1 amide bonds. The van der Waals surface area contributed by atoms with E-state index in [1.165, 1.54) is 5.57 Å². The first-order valence-corrected chi connectivity index (χ1v) is 7.74. The van der Waals surface area contributed by atoms with Crippen LogP contribution < -0.4 is 0 Å². The van der Waals surface area contributed by atoms with Gasteiger partial charge in [-0.25, -0.2) is 4.79 Å². The third-order valence-electron chi connectivity index (χ3n) is 3.10. The number of halogens is 2. The Hall–Kier alpha value is -0.810. The molecular weight excluding hydrogens is 374 g/mol. The lowest BCUT2D eigenvalue weighted by atomic mass is 10.1. The number of ether oxygens (including phenoxy) is 1. The smallest absolute Gasteiger partial charge is 0.410 e. The molecule has 19 heavy (non-hydrogen) atoms. The monoisotopic (exact) mass is 387 g/mol. The fraction of sp³-hybridized carbons (Fsp3) is 0.357. The summed E-state index contributed by atoms with van der Waals surface area (Å²) in [5, 5.41) is 0. The van der Waals surface area contributed by atoms with Gasteiger partial charge in [-0.3, -0.25) is 0 Å². The van der Waals surface area contributed by atoms with Crippen LogP contribution in [0.1, 0.15) is 18.4 Å². The van der Waals surface area contributed by atoms with E-state index < -0.39 is 0 Å². The molecule has 0 radical (unpaired) electrons. The van der Waals surface area contributed by atoms with E-state index in [0.717, 1.165) is 21.8 Å². The maximum atomic E-state index is 11.9. The van der Waals surface area contributed by atoms with Gasteiger partial charge in [0.25, 0.3) is 0 Å². The zero-order valence-electron chi connectivity index (χ0n) is 10.4. The number of piperidine rings is 1. The highest BCUT2D eigenvalue weighted by atomic mass is 79.9. The minimum atomic E-state index is -0.228. The molecule has 102 valence electrons. The van der Waals surface area contributed by atoms with Crippen molar-refractivity contribution in [3.8, 4) is 0 Å². The van der Waals surface area contributed by atoms with E-state index in [1.807, 2.05) is 30.3 Å². The van der Waals surface area contributed by atoms with Crippen LogP contribution in [0.3, 0.4) is 0 Å². The quantitative estimate of drug-likeness (QED) is 0.750. The van der Waals surface area contributed by atoms with E-state index in [1.54, 1.807) is 4.90 Å². The molecule has 1 fully saturated rings. The number of nitrogens with zero attached hydrogens (tertiary/aromatic N) is 1. The van der Waals surface area contributed by atoms with Crippen LogP contribution in [0, 0.1) is 0 Å². The van der Waals surface area contributed by atoms with Gasteiger partial charge >= 0.3 is 6.09 Å². The van der Waals surface area contributed by atoms with Crippen LogP contribution in [-0.2, 0) is 11.3 Å². The lowest BCUT2D eigenvalue weighted by Gasteiger charge is -2.27. The normalized spacial score (nSPS) is 15.3. The second kappa shape index (κ2) is 7.10. The molecule has 1 heterocycles. The van der Waals surface area contributed by atoms with Gasteiger partial charge in [0.15, 0.2) is 0 Å². The summed E-state index contributed by atoms with van der Waals surface area (Å²) >= 11 is 6.83. The maximum absolute atomic E-state index is 11.9. The predicted octanol–water partition coefficient (Wildman–Crippen LogP) is 4.42. The van der Waals surface area contributed by atoms with Gasteiger partial charge < -0.3 is 9.64 Å². The van der Waals surface area contributed by atoms with Gasteiger partial charge in [0, 0.05) is 13.1 Å². The number of hydrogen-bond acceptors (Lipinski definition) is 2. The molecular formula is C14H15Br2NO2. The zero-order valence-corrected chi connectivity index (χ0v) is 13.6. The van der Waals surface area contributed by atoms with Crippen molar-refractivity contribution >= 4 is 38.0 Å². The molecule has 5 heteroatoms. The Morgan fingerprint density at radius 3 is 2.37 bits per heavy atom. The average Bonchev–Trinajstić information content (AvgIpc) is 2.46. The zero-order chi connectivity index (χ0) is 13.7. The molecule has 1 aromatic carbocycles. The van der Waals surface area contributed by atoms with Gasteiger partial charge in [0.2, 0.25) is 0 Å².